The van der Waals surface area contributed by atoms with Gasteiger partial charge >= 0.3 is 5.97 Å². The lowest BCUT2D eigenvalue weighted by molar-refractivity contribution is -0.139. The van der Waals surface area contributed by atoms with Crippen LogP contribution in [0.15, 0.2) is 0 Å². The van der Waals surface area contributed by atoms with Crippen LogP contribution in [0.2, 0.25) is 0 Å². The Morgan fingerprint density at radius 3 is 1.44 bits per heavy atom. The van der Waals surface area contributed by atoms with Crippen LogP contribution in [0.25, 0.3) is 0 Å². The second-order valence-corrected chi connectivity index (χ2v) is 7.18. The summed E-state index contributed by atoms with van der Waals surface area (Å²) in [6, 6.07) is 0. The molecule has 0 aliphatic carbocycles. The Morgan fingerprint density at radius 2 is 1.04 bits per heavy atom. The average molecular weight is 354 g/mol. The molecule has 0 radical (unpaired) electrons. The molecular formula is C20H35NO4. The molecular weight excluding hydrogens is 318 g/mol. The number of carboxylic acids is 1. The van der Waals surface area contributed by atoms with Gasteiger partial charge in [-0.25, -0.2) is 0 Å². The van der Waals surface area contributed by atoms with Crippen molar-refractivity contribution < 1.29 is 19.5 Å². The molecule has 0 aromatic carbocycles. The van der Waals surface area contributed by atoms with Gasteiger partial charge < -0.3 is 5.11 Å². The van der Waals surface area contributed by atoms with Gasteiger partial charge in [0.2, 0.25) is 11.8 Å². The maximum Gasteiger partial charge on any atom is 0.303 e. The number of unbranched alkanes of at least 4 members (excludes halogenated alkanes) is 12. The van der Waals surface area contributed by atoms with Crippen LogP contribution in [0, 0.1) is 0 Å². The molecule has 0 atom stereocenters. The van der Waals surface area contributed by atoms with Crippen molar-refractivity contribution in [2.45, 2.75) is 103 Å². The second kappa shape index (κ2) is 13.9. The lowest BCUT2D eigenvalue weighted by atomic mass is 10.0. The van der Waals surface area contributed by atoms with Crippen molar-refractivity contribution in [3.8, 4) is 0 Å². The minimum atomic E-state index is -0.682. The van der Waals surface area contributed by atoms with Crippen LogP contribution in [0.3, 0.4) is 0 Å². The highest BCUT2D eigenvalue weighted by molar-refractivity contribution is 6.01. The molecule has 25 heavy (non-hydrogen) atoms. The van der Waals surface area contributed by atoms with Crippen molar-refractivity contribution in [2.24, 2.45) is 0 Å². The number of imide groups is 1. The SMILES string of the molecule is O=C(O)CCCCCCCCCCCCCCCN1C(=O)CCC1=O. The number of nitrogens with zero attached hydrogens (tertiary/aromatic N) is 1. The third kappa shape index (κ3) is 11.0. The third-order valence-electron chi connectivity index (χ3n) is 4.93. The molecule has 1 aliphatic heterocycles. The van der Waals surface area contributed by atoms with E-state index in [9.17, 15) is 14.4 Å². The molecule has 1 N–H and O–H groups in total. The van der Waals surface area contributed by atoms with Gasteiger partial charge in [0, 0.05) is 25.8 Å². The van der Waals surface area contributed by atoms with Crippen LogP contribution in [-0.2, 0) is 14.4 Å². The first-order valence-corrected chi connectivity index (χ1v) is 10.2. The number of carboxylic acid groups (broad SMARTS) is 1. The number of rotatable bonds is 16. The van der Waals surface area contributed by atoms with Crippen LogP contribution >= 0.6 is 0 Å². The van der Waals surface area contributed by atoms with E-state index in [4.69, 9.17) is 5.11 Å². The smallest absolute Gasteiger partial charge is 0.303 e. The zero-order valence-corrected chi connectivity index (χ0v) is 15.6. The number of carbonyl (C=O) groups is 3. The van der Waals surface area contributed by atoms with Gasteiger partial charge in [-0.05, 0) is 12.8 Å². The van der Waals surface area contributed by atoms with E-state index in [0.717, 1.165) is 32.1 Å². The van der Waals surface area contributed by atoms with Crippen molar-refractivity contribution in [1.82, 2.24) is 4.90 Å². The van der Waals surface area contributed by atoms with Gasteiger partial charge in [-0.1, -0.05) is 70.6 Å². The van der Waals surface area contributed by atoms with E-state index in [1.54, 1.807) is 0 Å². The van der Waals surface area contributed by atoms with Gasteiger partial charge in [0.25, 0.3) is 0 Å². The van der Waals surface area contributed by atoms with E-state index in [-0.39, 0.29) is 11.8 Å². The minimum absolute atomic E-state index is 0.00638. The minimum Gasteiger partial charge on any atom is -0.481 e. The summed E-state index contributed by atoms with van der Waals surface area (Å²) in [5.74, 6) is -0.670. The van der Waals surface area contributed by atoms with Crippen molar-refractivity contribution in [3.05, 3.63) is 0 Å². The molecule has 0 aromatic heterocycles. The zero-order chi connectivity index (χ0) is 18.3. The lowest BCUT2D eigenvalue weighted by Gasteiger charge is -2.13. The molecule has 0 spiro atoms. The highest BCUT2D eigenvalue weighted by Crippen LogP contribution is 2.15. The predicted octanol–water partition coefficient (Wildman–Crippen LogP) is 4.68. The van der Waals surface area contributed by atoms with Gasteiger partial charge in [-0.3, -0.25) is 19.3 Å². The summed E-state index contributed by atoms with van der Waals surface area (Å²) >= 11 is 0. The summed E-state index contributed by atoms with van der Waals surface area (Å²) in [6.45, 7) is 0.615. The van der Waals surface area contributed by atoms with E-state index in [2.05, 4.69) is 0 Å². The highest BCUT2D eigenvalue weighted by Gasteiger charge is 2.27. The average Bonchev–Trinajstić information content (AvgIpc) is 2.89. The van der Waals surface area contributed by atoms with Gasteiger partial charge in [0.1, 0.15) is 0 Å². The van der Waals surface area contributed by atoms with Crippen LogP contribution in [0.1, 0.15) is 103 Å². The normalized spacial score (nSPS) is 14.5. The van der Waals surface area contributed by atoms with Gasteiger partial charge in [0.15, 0.2) is 0 Å². The zero-order valence-electron chi connectivity index (χ0n) is 15.6. The molecule has 1 rings (SSSR count). The first-order chi connectivity index (χ1) is 12.1. The van der Waals surface area contributed by atoms with E-state index in [1.807, 2.05) is 0 Å². The fourth-order valence-corrected chi connectivity index (χ4v) is 3.36. The van der Waals surface area contributed by atoms with Gasteiger partial charge in [0.05, 0.1) is 0 Å². The van der Waals surface area contributed by atoms with Crippen LogP contribution in [-0.4, -0.2) is 34.3 Å². The molecule has 0 unspecified atom stereocenters. The summed E-state index contributed by atoms with van der Waals surface area (Å²) in [4.78, 5) is 34.7. The molecule has 1 aliphatic rings. The monoisotopic (exact) mass is 353 g/mol. The largest absolute Gasteiger partial charge is 0.481 e. The Balaban J connectivity index is 1.75. The van der Waals surface area contributed by atoms with E-state index >= 15 is 0 Å². The van der Waals surface area contributed by atoms with E-state index < -0.39 is 5.97 Å². The fraction of sp³-hybridized carbons (Fsp3) is 0.850. The standard InChI is InChI=1S/C20H35NO4/c22-18-15-16-19(23)21(18)17-13-11-9-7-5-3-1-2-4-6-8-10-12-14-20(24)25/h1-17H2,(H,24,25). The molecule has 1 saturated heterocycles. The summed E-state index contributed by atoms with van der Waals surface area (Å²) in [5.41, 5.74) is 0. The Kier molecular flexibility index (Phi) is 12.0. The molecule has 1 heterocycles. The third-order valence-corrected chi connectivity index (χ3v) is 4.93. The van der Waals surface area contributed by atoms with Crippen molar-refractivity contribution in [1.29, 1.82) is 0 Å². The second-order valence-electron chi connectivity index (χ2n) is 7.18. The predicted molar refractivity (Wildman–Crippen MR) is 98.2 cm³/mol. The highest BCUT2D eigenvalue weighted by atomic mass is 16.4. The molecule has 5 heteroatoms. The lowest BCUT2D eigenvalue weighted by Crippen LogP contribution is -2.29. The van der Waals surface area contributed by atoms with Gasteiger partial charge in [-0.2, -0.15) is 0 Å². The number of hydrogen-bond acceptors (Lipinski definition) is 3. The molecule has 5 nitrogen and oxygen atoms in total. The topological polar surface area (TPSA) is 74.7 Å². The number of carbonyl (C=O) groups excluding carboxylic acids is 2. The van der Waals surface area contributed by atoms with Gasteiger partial charge in [-0.15, -0.1) is 0 Å². The molecule has 0 bridgehead atoms. The summed E-state index contributed by atoms with van der Waals surface area (Å²) in [7, 11) is 0. The van der Waals surface area contributed by atoms with E-state index in [1.165, 1.54) is 56.3 Å². The Labute approximate surface area is 152 Å². The number of amides is 2. The van der Waals surface area contributed by atoms with Crippen molar-refractivity contribution >= 4 is 17.8 Å². The Morgan fingerprint density at radius 1 is 0.680 bits per heavy atom. The molecule has 0 aromatic rings. The maximum absolute atomic E-state index is 11.5. The summed E-state index contributed by atoms with van der Waals surface area (Å²) < 4.78 is 0. The summed E-state index contributed by atoms with van der Waals surface area (Å²) in [5, 5.41) is 8.55. The van der Waals surface area contributed by atoms with Crippen LogP contribution in [0.5, 0.6) is 0 Å². The number of likely N-dealkylation sites (tertiary alicyclic amines) is 1. The quantitative estimate of drug-likeness (QED) is 0.323. The first-order valence-electron chi connectivity index (χ1n) is 10.2. The van der Waals surface area contributed by atoms with Crippen molar-refractivity contribution in [3.63, 3.8) is 0 Å². The Hall–Kier alpha value is -1.39. The molecule has 144 valence electrons. The number of hydrogen-bond donors (Lipinski definition) is 1. The maximum atomic E-state index is 11.5. The molecule has 0 saturated carbocycles. The van der Waals surface area contributed by atoms with Crippen LogP contribution < -0.4 is 0 Å². The molecule has 1 fully saturated rings. The Bertz CT molecular complexity index is 393. The van der Waals surface area contributed by atoms with Crippen LogP contribution in [0.4, 0.5) is 0 Å². The fourth-order valence-electron chi connectivity index (χ4n) is 3.36. The molecule has 2 amide bonds. The van der Waals surface area contributed by atoms with Crippen molar-refractivity contribution in [2.75, 3.05) is 6.54 Å². The van der Waals surface area contributed by atoms with E-state index in [0.29, 0.717) is 25.8 Å². The first kappa shape index (κ1) is 21.7. The number of aliphatic carboxylic acids is 1. The summed E-state index contributed by atoms with van der Waals surface area (Å²) in [6.07, 6.45) is 16.3.